The molecule has 0 aliphatic carbocycles. The van der Waals surface area contributed by atoms with E-state index in [4.69, 9.17) is 0 Å². The molecule has 0 aromatic carbocycles. The van der Waals surface area contributed by atoms with Crippen LogP contribution in [0.5, 0.6) is 0 Å². The number of aromatic nitrogens is 2. The minimum absolute atomic E-state index is 0.803. The Morgan fingerprint density at radius 3 is 3.12 bits per heavy atom. The number of fused-ring (bicyclic) bond motifs is 1. The summed E-state index contributed by atoms with van der Waals surface area (Å²) < 4.78 is 1.08. The predicted octanol–water partition coefficient (Wildman–Crippen LogP) is 4.13. The van der Waals surface area contributed by atoms with Crippen molar-refractivity contribution in [1.82, 2.24) is 9.97 Å². The van der Waals surface area contributed by atoms with Gasteiger partial charge in [0.1, 0.15) is 17.0 Å². The summed E-state index contributed by atoms with van der Waals surface area (Å²) in [6.07, 6.45) is 1.60. The number of rotatable bonds is 3. The van der Waals surface area contributed by atoms with Gasteiger partial charge in [0.25, 0.3) is 0 Å². The van der Waals surface area contributed by atoms with Gasteiger partial charge in [-0.1, -0.05) is 6.07 Å². The van der Waals surface area contributed by atoms with Crippen LogP contribution in [0.1, 0.15) is 4.88 Å². The quantitative estimate of drug-likeness (QED) is 0.786. The summed E-state index contributed by atoms with van der Waals surface area (Å²) in [5.74, 6) is 0.894. The van der Waals surface area contributed by atoms with Gasteiger partial charge in [0.05, 0.1) is 15.7 Å². The van der Waals surface area contributed by atoms with Crippen LogP contribution in [-0.2, 0) is 6.54 Å². The van der Waals surface area contributed by atoms with Crippen LogP contribution in [0.3, 0.4) is 0 Å². The van der Waals surface area contributed by atoms with Crippen molar-refractivity contribution < 1.29 is 0 Å². The maximum atomic E-state index is 4.29. The van der Waals surface area contributed by atoms with Gasteiger partial charge in [-0.2, -0.15) is 0 Å². The average Bonchev–Trinajstić information content (AvgIpc) is 2.93. The molecule has 0 aliphatic rings. The number of thiophene rings is 2. The third-order valence-corrected chi connectivity index (χ3v) is 4.73. The van der Waals surface area contributed by atoms with Crippen LogP contribution < -0.4 is 5.32 Å². The Morgan fingerprint density at radius 1 is 1.35 bits per heavy atom. The van der Waals surface area contributed by atoms with Crippen LogP contribution in [0, 0.1) is 0 Å². The second-order valence-corrected chi connectivity index (χ2v) is 6.87. The van der Waals surface area contributed by atoms with E-state index in [-0.39, 0.29) is 0 Å². The van der Waals surface area contributed by atoms with Gasteiger partial charge in [-0.15, -0.1) is 22.7 Å². The van der Waals surface area contributed by atoms with Crippen molar-refractivity contribution in [3.63, 3.8) is 0 Å². The molecule has 17 heavy (non-hydrogen) atoms. The number of anilines is 1. The van der Waals surface area contributed by atoms with Gasteiger partial charge in [0.15, 0.2) is 0 Å². The zero-order valence-corrected chi connectivity index (χ0v) is 11.9. The first kappa shape index (κ1) is 11.1. The smallest absolute Gasteiger partial charge is 0.138 e. The van der Waals surface area contributed by atoms with E-state index in [9.17, 15) is 0 Å². The topological polar surface area (TPSA) is 37.8 Å². The Bertz CT molecular complexity index is 633. The average molecular weight is 326 g/mol. The fraction of sp³-hybridized carbons (Fsp3) is 0.0909. The molecule has 3 aromatic rings. The molecule has 0 saturated heterocycles. The Balaban J connectivity index is 1.89. The van der Waals surface area contributed by atoms with Gasteiger partial charge in [0.2, 0.25) is 0 Å². The highest BCUT2D eigenvalue weighted by molar-refractivity contribution is 9.11. The first-order chi connectivity index (χ1) is 8.33. The van der Waals surface area contributed by atoms with Gasteiger partial charge in [-0.3, -0.25) is 0 Å². The lowest BCUT2D eigenvalue weighted by Gasteiger charge is -2.04. The van der Waals surface area contributed by atoms with Crippen LogP contribution in [0.15, 0.2) is 33.7 Å². The van der Waals surface area contributed by atoms with E-state index in [1.54, 1.807) is 29.0 Å². The zero-order chi connectivity index (χ0) is 11.7. The molecule has 6 heteroatoms. The number of nitrogens with one attached hydrogen (secondary N) is 1. The van der Waals surface area contributed by atoms with Gasteiger partial charge < -0.3 is 5.32 Å². The molecular formula is C11H8BrN3S2. The molecule has 0 amide bonds. The number of hydrogen-bond acceptors (Lipinski definition) is 5. The summed E-state index contributed by atoms with van der Waals surface area (Å²) in [5, 5.41) is 6.50. The van der Waals surface area contributed by atoms with Crippen molar-refractivity contribution >= 4 is 54.6 Å². The van der Waals surface area contributed by atoms with Gasteiger partial charge in [-0.25, -0.2) is 9.97 Å². The lowest BCUT2D eigenvalue weighted by Crippen LogP contribution is -2.00. The zero-order valence-electron chi connectivity index (χ0n) is 8.68. The molecule has 86 valence electrons. The molecule has 0 radical (unpaired) electrons. The van der Waals surface area contributed by atoms with Crippen molar-refractivity contribution in [3.8, 4) is 0 Å². The molecule has 0 fully saturated rings. The van der Waals surface area contributed by atoms with Crippen molar-refractivity contribution in [3.05, 3.63) is 38.6 Å². The fourth-order valence-electron chi connectivity index (χ4n) is 1.55. The van der Waals surface area contributed by atoms with Crippen molar-refractivity contribution in [1.29, 1.82) is 0 Å². The van der Waals surface area contributed by atoms with Crippen LogP contribution in [-0.4, -0.2) is 9.97 Å². The van der Waals surface area contributed by atoms with E-state index in [0.29, 0.717) is 0 Å². The highest BCUT2D eigenvalue weighted by Gasteiger charge is 2.07. The van der Waals surface area contributed by atoms with Gasteiger partial charge in [-0.05, 0) is 33.4 Å². The maximum absolute atomic E-state index is 4.29. The third-order valence-electron chi connectivity index (χ3n) is 2.31. The van der Waals surface area contributed by atoms with E-state index >= 15 is 0 Å². The third kappa shape index (κ3) is 2.34. The first-order valence-electron chi connectivity index (χ1n) is 4.99. The van der Waals surface area contributed by atoms with Crippen LogP contribution in [0.4, 0.5) is 5.82 Å². The largest absolute Gasteiger partial charge is 0.365 e. The fourth-order valence-corrected chi connectivity index (χ4v) is 3.61. The summed E-state index contributed by atoms with van der Waals surface area (Å²) in [5.41, 5.74) is 0. The van der Waals surface area contributed by atoms with E-state index in [2.05, 4.69) is 54.8 Å². The Labute approximate surface area is 115 Å². The number of halogens is 1. The van der Waals surface area contributed by atoms with Crippen LogP contribution in [0.25, 0.3) is 10.2 Å². The second kappa shape index (κ2) is 4.72. The summed E-state index contributed by atoms with van der Waals surface area (Å²) in [6.45, 7) is 0.803. The molecule has 0 bridgehead atoms. The molecule has 3 nitrogen and oxygen atoms in total. The Morgan fingerprint density at radius 2 is 2.29 bits per heavy atom. The summed E-state index contributed by atoms with van der Waals surface area (Å²) in [4.78, 5) is 10.8. The SMILES string of the molecule is Brc1cc2c(NCc3cccs3)ncnc2s1. The monoisotopic (exact) mass is 325 g/mol. The second-order valence-electron chi connectivity index (χ2n) is 3.42. The molecule has 3 aromatic heterocycles. The van der Waals surface area contributed by atoms with Crippen LogP contribution >= 0.6 is 38.6 Å². The van der Waals surface area contributed by atoms with Gasteiger partial charge in [0, 0.05) is 4.88 Å². The minimum atomic E-state index is 0.803. The standard InChI is InChI=1S/C11H8BrN3S2/c12-9-4-8-10(14-6-15-11(8)17-9)13-5-7-2-1-3-16-7/h1-4,6H,5H2,(H,13,14,15). The van der Waals surface area contributed by atoms with E-state index in [1.165, 1.54) is 4.88 Å². The Kier molecular flexibility index (Phi) is 3.09. The number of hydrogen-bond donors (Lipinski definition) is 1. The lowest BCUT2D eigenvalue weighted by molar-refractivity contribution is 1.13. The molecule has 0 aliphatic heterocycles. The molecule has 3 rings (SSSR count). The van der Waals surface area contributed by atoms with Crippen molar-refractivity contribution in [2.24, 2.45) is 0 Å². The summed E-state index contributed by atoms with van der Waals surface area (Å²) in [7, 11) is 0. The molecule has 0 atom stereocenters. The molecular weight excluding hydrogens is 318 g/mol. The molecule has 0 spiro atoms. The Hall–Kier alpha value is -0.980. The highest BCUT2D eigenvalue weighted by atomic mass is 79.9. The van der Waals surface area contributed by atoms with E-state index in [0.717, 1.165) is 26.4 Å². The summed E-state index contributed by atoms with van der Waals surface area (Å²) >= 11 is 6.83. The van der Waals surface area contributed by atoms with E-state index in [1.807, 2.05) is 0 Å². The number of nitrogens with zero attached hydrogens (tertiary/aromatic N) is 2. The van der Waals surface area contributed by atoms with Gasteiger partial charge >= 0.3 is 0 Å². The normalized spacial score (nSPS) is 10.9. The van der Waals surface area contributed by atoms with Crippen molar-refractivity contribution in [2.45, 2.75) is 6.54 Å². The lowest BCUT2D eigenvalue weighted by atomic mass is 10.3. The highest BCUT2D eigenvalue weighted by Crippen LogP contribution is 2.31. The predicted molar refractivity (Wildman–Crippen MR) is 76.8 cm³/mol. The minimum Gasteiger partial charge on any atom is -0.365 e. The molecule has 0 unspecified atom stereocenters. The molecule has 1 N–H and O–H groups in total. The maximum Gasteiger partial charge on any atom is 0.138 e. The summed E-state index contributed by atoms with van der Waals surface area (Å²) in [6, 6.07) is 6.22. The van der Waals surface area contributed by atoms with Crippen LogP contribution in [0.2, 0.25) is 0 Å². The first-order valence-corrected chi connectivity index (χ1v) is 7.48. The molecule has 0 saturated carbocycles. The van der Waals surface area contributed by atoms with Crippen molar-refractivity contribution in [2.75, 3.05) is 5.32 Å². The molecule has 3 heterocycles. The van der Waals surface area contributed by atoms with E-state index < -0.39 is 0 Å².